The molecule has 0 aromatic rings. The van der Waals surface area contributed by atoms with Gasteiger partial charge in [0.2, 0.25) is 0 Å². The molecular weight excluding hydrogens is 186 g/mol. The van der Waals surface area contributed by atoms with Gasteiger partial charge < -0.3 is 15.1 Å². The van der Waals surface area contributed by atoms with Gasteiger partial charge in [0.05, 0.1) is 0 Å². The lowest BCUT2D eigenvalue weighted by molar-refractivity contribution is 0.102. The summed E-state index contributed by atoms with van der Waals surface area (Å²) in [6, 6.07) is 1.25. The van der Waals surface area contributed by atoms with E-state index in [1.165, 1.54) is 26.1 Å². The molecule has 3 nitrogen and oxygen atoms in total. The fourth-order valence-electron chi connectivity index (χ4n) is 2.22. The van der Waals surface area contributed by atoms with E-state index in [1.54, 1.807) is 0 Å². The molecule has 88 valence electrons. The minimum Gasteiger partial charge on any atom is -0.317 e. The summed E-state index contributed by atoms with van der Waals surface area (Å²) in [7, 11) is 6.49. The van der Waals surface area contributed by atoms with Crippen LogP contribution in [0, 0.1) is 0 Å². The molecule has 0 amide bonds. The van der Waals surface area contributed by atoms with Gasteiger partial charge in [0.15, 0.2) is 0 Å². The van der Waals surface area contributed by atoms with Crippen LogP contribution in [0.15, 0.2) is 12.7 Å². The average Bonchev–Trinajstić information content (AvgIpc) is 2.22. The predicted octanol–water partition coefficient (Wildman–Crippen LogP) is 0.786. The summed E-state index contributed by atoms with van der Waals surface area (Å²) in [6.07, 6.45) is 4.28. The molecule has 0 aliphatic carbocycles. The lowest BCUT2D eigenvalue weighted by atomic mass is 10.0. The van der Waals surface area contributed by atoms with Crippen molar-refractivity contribution in [2.75, 3.05) is 40.8 Å². The Bertz CT molecular complexity index is 193. The van der Waals surface area contributed by atoms with Crippen LogP contribution in [-0.4, -0.2) is 62.7 Å². The first-order chi connectivity index (χ1) is 7.17. The van der Waals surface area contributed by atoms with Crippen LogP contribution in [0.2, 0.25) is 0 Å². The predicted molar refractivity (Wildman–Crippen MR) is 66.2 cm³/mol. The first-order valence-electron chi connectivity index (χ1n) is 5.84. The van der Waals surface area contributed by atoms with Crippen molar-refractivity contribution in [1.29, 1.82) is 0 Å². The summed E-state index contributed by atoms with van der Waals surface area (Å²) in [4.78, 5) is 4.90. The van der Waals surface area contributed by atoms with Crippen LogP contribution in [0.25, 0.3) is 0 Å². The largest absolute Gasteiger partial charge is 0.317 e. The number of likely N-dealkylation sites (N-methyl/N-ethyl adjacent to an activating group) is 2. The van der Waals surface area contributed by atoms with E-state index in [-0.39, 0.29) is 0 Å². The lowest BCUT2D eigenvalue weighted by Gasteiger charge is -2.39. The lowest BCUT2D eigenvalue weighted by Crippen LogP contribution is -2.51. The van der Waals surface area contributed by atoms with Crippen molar-refractivity contribution >= 4 is 0 Å². The van der Waals surface area contributed by atoms with Crippen LogP contribution in [-0.2, 0) is 0 Å². The Labute approximate surface area is 94.1 Å². The quantitative estimate of drug-likeness (QED) is 0.678. The Morgan fingerprint density at radius 2 is 2.20 bits per heavy atom. The van der Waals surface area contributed by atoms with E-state index in [0.717, 1.165) is 6.42 Å². The normalized spacial score (nSPS) is 26.5. The smallest absolute Gasteiger partial charge is 0.0235 e. The van der Waals surface area contributed by atoms with Crippen LogP contribution < -0.4 is 5.32 Å². The highest BCUT2D eigenvalue weighted by atomic mass is 15.3. The van der Waals surface area contributed by atoms with Gasteiger partial charge >= 0.3 is 0 Å². The van der Waals surface area contributed by atoms with Crippen molar-refractivity contribution in [2.24, 2.45) is 0 Å². The summed E-state index contributed by atoms with van der Waals surface area (Å²) in [6.45, 7) is 7.38. The van der Waals surface area contributed by atoms with E-state index in [9.17, 15) is 0 Å². The molecule has 0 aromatic heterocycles. The molecule has 0 bridgehead atoms. The Hall–Kier alpha value is -0.380. The van der Waals surface area contributed by atoms with Crippen molar-refractivity contribution in [3.63, 3.8) is 0 Å². The van der Waals surface area contributed by atoms with Crippen LogP contribution >= 0.6 is 0 Å². The first kappa shape index (κ1) is 12.7. The van der Waals surface area contributed by atoms with E-state index in [2.05, 4.69) is 35.8 Å². The maximum Gasteiger partial charge on any atom is 0.0235 e. The Kier molecular flexibility index (Phi) is 5.29. The minimum atomic E-state index is 0.571. The molecule has 0 spiro atoms. The van der Waals surface area contributed by atoms with Gasteiger partial charge in [-0.15, -0.1) is 6.58 Å². The molecule has 1 fully saturated rings. The molecule has 0 saturated carbocycles. The van der Waals surface area contributed by atoms with Gasteiger partial charge in [0.1, 0.15) is 0 Å². The second-order valence-electron chi connectivity index (χ2n) is 4.64. The Morgan fingerprint density at radius 1 is 1.47 bits per heavy atom. The number of hydrogen-bond donors (Lipinski definition) is 1. The van der Waals surface area contributed by atoms with Crippen LogP contribution in [0.4, 0.5) is 0 Å². The SMILES string of the molecule is C=CCC(CC1CN(C)CCN1C)NC. The van der Waals surface area contributed by atoms with E-state index in [0.29, 0.717) is 12.1 Å². The van der Waals surface area contributed by atoms with Gasteiger partial charge in [-0.25, -0.2) is 0 Å². The van der Waals surface area contributed by atoms with Crippen molar-refractivity contribution in [1.82, 2.24) is 15.1 Å². The summed E-state index contributed by atoms with van der Waals surface area (Å²) >= 11 is 0. The number of nitrogens with one attached hydrogen (secondary N) is 1. The molecule has 2 atom stereocenters. The second kappa shape index (κ2) is 6.26. The fourth-order valence-corrected chi connectivity index (χ4v) is 2.22. The third-order valence-corrected chi connectivity index (χ3v) is 3.40. The van der Waals surface area contributed by atoms with Crippen molar-refractivity contribution in [2.45, 2.75) is 24.9 Å². The zero-order valence-electron chi connectivity index (χ0n) is 10.4. The third kappa shape index (κ3) is 3.93. The number of hydrogen-bond acceptors (Lipinski definition) is 3. The van der Waals surface area contributed by atoms with E-state index >= 15 is 0 Å². The molecular formula is C12H25N3. The molecule has 1 rings (SSSR count). The number of piperazine rings is 1. The minimum absolute atomic E-state index is 0.571. The van der Waals surface area contributed by atoms with Gasteiger partial charge in [-0.05, 0) is 34.0 Å². The molecule has 15 heavy (non-hydrogen) atoms. The van der Waals surface area contributed by atoms with Crippen LogP contribution in [0.3, 0.4) is 0 Å². The van der Waals surface area contributed by atoms with Gasteiger partial charge in [-0.2, -0.15) is 0 Å². The molecule has 2 unspecified atom stereocenters. The fraction of sp³-hybridized carbons (Fsp3) is 0.833. The van der Waals surface area contributed by atoms with Crippen molar-refractivity contribution < 1.29 is 0 Å². The zero-order valence-corrected chi connectivity index (χ0v) is 10.4. The van der Waals surface area contributed by atoms with E-state index in [1.807, 2.05) is 13.1 Å². The van der Waals surface area contributed by atoms with Crippen LogP contribution in [0.5, 0.6) is 0 Å². The summed E-state index contributed by atoms with van der Waals surface area (Å²) in [5.41, 5.74) is 0. The molecule has 1 aliphatic heterocycles. The summed E-state index contributed by atoms with van der Waals surface area (Å²) in [5.74, 6) is 0. The summed E-state index contributed by atoms with van der Waals surface area (Å²) in [5, 5.41) is 3.37. The maximum atomic E-state index is 3.81. The number of rotatable bonds is 5. The Morgan fingerprint density at radius 3 is 2.80 bits per heavy atom. The highest BCUT2D eigenvalue weighted by Gasteiger charge is 2.24. The maximum absolute atomic E-state index is 3.81. The van der Waals surface area contributed by atoms with Gasteiger partial charge in [0, 0.05) is 31.7 Å². The molecule has 1 N–H and O–H groups in total. The van der Waals surface area contributed by atoms with E-state index in [4.69, 9.17) is 0 Å². The van der Waals surface area contributed by atoms with Gasteiger partial charge in [-0.1, -0.05) is 6.08 Å². The Balaban J connectivity index is 2.42. The molecule has 1 saturated heterocycles. The highest BCUT2D eigenvalue weighted by Crippen LogP contribution is 2.13. The van der Waals surface area contributed by atoms with Gasteiger partial charge in [-0.3, -0.25) is 0 Å². The molecule has 3 heteroatoms. The first-order valence-corrected chi connectivity index (χ1v) is 5.84. The number of nitrogens with zero attached hydrogens (tertiary/aromatic N) is 2. The molecule has 1 aliphatic rings. The second-order valence-corrected chi connectivity index (χ2v) is 4.64. The zero-order chi connectivity index (χ0) is 11.3. The summed E-state index contributed by atoms with van der Waals surface area (Å²) < 4.78 is 0. The van der Waals surface area contributed by atoms with Crippen molar-refractivity contribution in [3.8, 4) is 0 Å². The monoisotopic (exact) mass is 211 g/mol. The topological polar surface area (TPSA) is 18.5 Å². The average molecular weight is 211 g/mol. The molecule has 0 radical (unpaired) electrons. The third-order valence-electron chi connectivity index (χ3n) is 3.40. The molecule has 1 heterocycles. The standard InChI is InChI=1S/C12H25N3/c1-5-6-11(13-2)9-12-10-14(3)7-8-15(12)4/h5,11-13H,1,6-10H2,2-4H3. The van der Waals surface area contributed by atoms with Crippen LogP contribution in [0.1, 0.15) is 12.8 Å². The van der Waals surface area contributed by atoms with E-state index < -0.39 is 0 Å². The van der Waals surface area contributed by atoms with Crippen molar-refractivity contribution in [3.05, 3.63) is 12.7 Å². The highest BCUT2D eigenvalue weighted by molar-refractivity contribution is 4.85. The van der Waals surface area contributed by atoms with Gasteiger partial charge in [0.25, 0.3) is 0 Å². The molecule has 0 aromatic carbocycles.